The van der Waals surface area contributed by atoms with Crippen molar-refractivity contribution in [2.45, 2.75) is 37.8 Å². The first-order valence-electron chi connectivity index (χ1n) is 21.1. The van der Waals surface area contributed by atoms with E-state index >= 15 is 0 Å². The first kappa shape index (κ1) is 35.2. The highest BCUT2D eigenvalue weighted by molar-refractivity contribution is 6.21. The van der Waals surface area contributed by atoms with Crippen LogP contribution < -0.4 is 16.0 Å². The Labute approximate surface area is 350 Å². The highest BCUT2D eigenvalue weighted by Crippen LogP contribution is 2.57. The molecular formula is C56H44N4. The fraction of sp³-hybridized carbons (Fsp3) is 0.107. The molecule has 10 aromatic rings. The Balaban J connectivity index is 0.972. The molecule has 60 heavy (non-hydrogen) atoms. The number of rotatable bonds is 5. The van der Waals surface area contributed by atoms with Crippen molar-refractivity contribution in [3.63, 3.8) is 0 Å². The summed E-state index contributed by atoms with van der Waals surface area (Å²) in [6, 6.07) is 71.1. The molecule has 1 aliphatic carbocycles. The molecule has 2 unspecified atom stereocenters. The molecule has 0 bridgehead atoms. The van der Waals surface area contributed by atoms with E-state index in [2.05, 4.69) is 228 Å². The van der Waals surface area contributed by atoms with Gasteiger partial charge >= 0.3 is 0 Å². The van der Waals surface area contributed by atoms with Crippen LogP contribution in [0.1, 0.15) is 60.2 Å². The van der Waals surface area contributed by atoms with Gasteiger partial charge in [0.05, 0.1) is 29.5 Å². The quantitative estimate of drug-likeness (QED) is 0.153. The zero-order valence-corrected chi connectivity index (χ0v) is 33.7. The van der Waals surface area contributed by atoms with Gasteiger partial charge in [-0.05, 0) is 89.8 Å². The lowest BCUT2D eigenvalue weighted by molar-refractivity contribution is 0.203. The minimum Gasteiger partial charge on any atom is -0.309 e. The summed E-state index contributed by atoms with van der Waals surface area (Å²) >= 11 is 0. The number of benzene rings is 9. The number of fused-ring (bicyclic) bond motifs is 12. The van der Waals surface area contributed by atoms with Gasteiger partial charge in [0, 0.05) is 21.9 Å². The van der Waals surface area contributed by atoms with Crippen LogP contribution in [0.15, 0.2) is 194 Å². The summed E-state index contributed by atoms with van der Waals surface area (Å²) in [7, 11) is 0. The SMILES string of the molecule is CC1(C)c2c(c3ccccc3c3ccccc23)-c2ccc3c4ccccc4n(-c4cccc(-c5ccc(C6NC(c7ccccc7)NC(c7ccccc7)N6)cc5)c4)c3c21. The number of hydrogen-bond acceptors (Lipinski definition) is 3. The molecule has 3 N–H and O–H groups in total. The number of para-hydroxylation sites is 1. The Bertz CT molecular complexity index is 3230. The second-order valence-corrected chi connectivity index (χ2v) is 17.0. The zero-order valence-electron chi connectivity index (χ0n) is 33.7. The van der Waals surface area contributed by atoms with Crippen molar-refractivity contribution in [1.82, 2.24) is 20.5 Å². The summed E-state index contributed by atoms with van der Waals surface area (Å²) < 4.78 is 2.54. The average molecular weight is 773 g/mol. The van der Waals surface area contributed by atoms with Gasteiger partial charge in [0.1, 0.15) is 0 Å². The van der Waals surface area contributed by atoms with E-state index in [0.717, 1.165) is 5.69 Å². The zero-order chi connectivity index (χ0) is 40.0. The lowest BCUT2D eigenvalue weighted by Crippen LogP contribution is -2.54. The molecule has 9 aromatic carbocycles. The Kier molecular flexibility index (Phi) is 7.98. The fourth-order valence-corrected chi connectivity index (χ4v) is 10.6. The predicted molar refractivity (Wildman–Crippen MR) is 249 cm³/mol. The summed E-state index contributed by atoms with van der Waals surface area (Å²) in [5.41, 5.74) is 14.9. The first-order valence-corrected chi connectivity index (χ1v) is 21.1. The smallest absolute Gasteiger partial charge is 0.0864 e. The molecule has 2 aliphatic rings. The molecule has 2 heterocycles. The summed E-state index contributed by atoms with van der Waals surface area (Å²) in [5.74, 6) is 0. The maximum atomic E-state index is 3.83. The van der Waals surface area contributed by atoms with Crippen LogP contribution >= 0.6 is 0 Å². The molecule has 1 aliphatic heterocycles. The van der Waals surface area contributed by atoms with Crippen molar-refractivity contribution in [2.24, 2.45) is 0 Å². The number of aromatic nitrogens is 1. The van der Waals surface area contributed by atoms with E-state index in [4.69, 9.17) is 0 Å². The normalized spacial score (nSPS) is 18.3. The molecule has 288 valence electrons. The standard InChI is InChI=1S/C56H44N4/c1-56(2)50-45-26-12-10-23-42(45)41-22-9-11-25-44(41)49(50)47-33-32-46-43-24-13-14-27-48(43)60(52(46)51(47)56)40-21-15-20-39(34-40)35-28-30-38(31-29-35)55-58-53(36-16-5-3-6-17-36)57-54(59-55)37-18-7-4-8-19-37/h3-34,53-55,57-59H,1-2H3. The predicted octanol–water partition coefficient (Wildman–Crippen LogP) is 13.2. The van der Waals surface area contributed by atoms with Gasteiger partial charge in [0.15, 0.2) is 0 Å². The molecule has 12 rings (SSSR count). The molecule has 4 nitrogen and oxygen atoms in total. The third-order valence-corrected chi connectivity index (χ3v) is 13.2. The Morgan fingerprint density at radius 3 is 1.58 bits per heavy atom. The van der Waals surface area contributed by atoms with Gasteiger partial charge in [-0.3, -0.25) is 16.0 Å². The monoisotopic (exact) mass is 772 g/mol. The third-order valence-electron chi connectivity index (χ3n) is 13.2. The molecule has 0 spiro atoms. The number of nitrogens with zero attached hydrogens (tertiary/aromatic N) is 1. The van der Waals surface area contributed by atoms with Crippen molar-refractivity contribution in [1.29, 1.82) is 0 Å². The summed E-state index contributed by atoms with van der Waals surface area (Å²) in [6.45, 7) is 4.88. The summed E-state index contributed by atoms with van der Waals surface area (Å²) in [4.78, 5) is 0. The van der Waals surface area contributed by atoms with Crippen LogP contribution in [0.4, 0.5) is 0 Å². The van der Waals surface area contributed by atoms with Crippen LogP contribution in [0, 0.1) is 0 Å². The van der Waals surface area contributed by atoms with E-state index in [0.29, 0.717) is 0 Å². The Hall–Kier alpha value is -6.82. The first-order chi connectivity index (χ1) is 29.5. The van der Waals surface area contributed by atoms with Gasteiger partial charge in [-0.25, -0.2) is 0 Å². The van der Waals surface area contributed by atoms with E-state index in [1.165, 1.54) is 93.4 Å². The van der Waals surface area contributed by atoms with Crippen LogP contribution in [-0.2, 0) is 5.41 Å². The van der Waals surface area contributed by atoms with Crippen molar-refractivity contribution >= 4 is 43.4 Å². The van der Waals surface area contributed by atoms with E-state index in [9.17, 15) is 0 Å². The molecule has 4 heteroatoms. The van der Waals surface area contributed by atoms with Crippen molar-refractivity contribution in [3.05, 3.63) is 222 Å². The van der Waals surface area contributed by atoms with Gasteiger partial charge < -0.3 is 4.57 Å². The Morgan fingerprint density at radius 2 is 0.933 bits per heavy atom. The molecule has 0 saturated carbocycles. The molecule has 1 saturated heterocycles. The van der Waals surface area contributed by atoms with Crippen LogP contribution in [0.5, 0.6) is 0 Å². The van der Waals surface area contributed by atoms with Gasteiger partial charge in [-0.15, -0.1) is 0 Å². The number of nitrogens with one attached hydrogen (secondary N) is 3. The molecular weight excluding hydrogens is 729 g/mol. The number of hydrogen-bond donors (Lipinski definition) is 3. The van der Waals surface area contributed by atoms with Crippen molar-refractivity contribution < 1.29 is 0 Å². The molecule has 1 aromatic heterocycles. The summed E-state index contributed by atoms with van der Waals surface area (Å²) in [6.07, 6.45) is -0.0766. The van der Waals surface area contributed by atoms with Crippen LogP contribution in [0.25, 0.3) is 71.3 Å². The van der Waals surface area contributed by atoms with E-state index in [1.54, 1.807) is 0 Å². The van der Waals surface area contributed by atoms with Crippen molar-refractivity contribution in [3.8, 4) is 27.9 Å². The van der Waals surface area contributed by atoms with E-state index < -0.39 is 0 Å². The van der Waals surface area contributed by atoms with E-state index in [-0.39, 0.29) is 23.9 Å². The Morgan fingerprint density at radius 1 is 0.400 bits per heavy atom. The summed E-state index contributed by atoms with van der Waals surface area (Å²) in [5, 5.41) is 19.3. The minimum absolute atomic E-state index is 0.0121. The van der Waals surface area contributed by atoms with Crippen LogP contribution in [0.2, 0.25) is 0 Å². The topological polar surface area (TPSA) is 41.0 Å². The minimum atomic E-state index is -0.247. The highest BCUT2D eigenvalue weighted by atomic mass is 15.4. The molecule has 0 radical (unpaired) electrons. The molecule has 1 fully saturated rings. The molecule has 2 atom stereocenters. The second-order valence-electron chi connectivity index (χ2n) is 17.0. The van der Waals surface area contributed by atoms with Crippen LogP contribution in [-0.4, -0.2) is 4.57 Å². The lowest BCUT2D eigenvalue weighted by atomic mass is 9.78. The maximum Gasteiger partial charge on any atom is 0.0864 e. The highest BCUT2D eigenvalue weighted by Gasteiger charge is 2.41. The van der Waals surface area contributed by atoms with Gasteiger partial charge in [-0.2, -0.15) is 0 Å². The fourth-order valence-electron chi connectivity index (χ4n) is 10.6. The lowest BCUT2D eigenvalue weighted by Gasteiger charge is -2.39. The van der Waals surface area contributed by atoms with Gasteiger partial charge in [0.2, 0.25) is 0 Å². The van der Waals surface area contributed by atoms with Crippen molar-refractivity contribution in [2.75, 3.05) is 0 Å². The van der Waals surface area contributed by atoms with Gasteiger partial charge in [-0.1, -0.05) is 190 Å². The molecule has 0 amide bonds. The van der Waals surface area contributed by atoms with Crippen LogP contribution in [0.3, 0.4) is 0 Å². The third kappa shape index (κ3) is 5.35. The van der Waals surface area contributed by atoms with E-state index in [1.807, 2.05) is 0 Å². The second kappa shape index (κ2) is 13.6. The van der Waals surface area contributed by atoms with Gasteiger partial charge in [0.25, 0.3) is 0 Å². The maximum absolute atomic E-state index is 3.83. The average Bonchev–Trinajstić information content (AvgIpc) is 3.78. The largest absolute Gasteiger partial charge is 0.309 e.